The Morgan fingerprint density at radius 3 is 2.65 bits per heavy atom. The van der Waals surface area contributed by atoms with Crippen molar-refractivity contribution in [2.45, 2.75) is 6.92 Å². The fourth-order valence-corrected chi connectivity index (χ4v) is 2.61. The van der Waals surface area contributed by atoms with Crippen molar-refractivity contribution in [3.63, 3.8) is 0 Å². The molecule has 0 radical (unpaired) electrons. The van der Waals surface area contributed by atoms with Gasteiger partial charge in [-0.3, -0.25) is 9.59 Å². The quantitative estimate of drug-likeness (QED) is 0.845. The number of aryl methyl sites for hydroxylation is 1. The van der Waals surface area contributed by atoms with Crippen LogP contribution in [0.4, 0.5) is 11.4 Å². The van der Waals surface area contributed by atoms with E-state index >= 15 is 0 Å². The molecule has 0 spiro atoms. The number of carbonyl (C=O) groups is 2. The highest BCUT2D eigenvalue weighted by Gasteiger charge is 2.14. The summed E-state index contributed by atoms with van der Waals surface area (Å²) in [6, 6.07) is 4.98. The van der Waals surface area contributed by atoms with Gasteiger partial charge in [0.25, 0.3) is 5.91 Å². The molecule has 0 aliphatic heterocycles. The second-order valence-electron chi connectivity index (χ2n) is 4.62. The number of hydrogen-bond acceptors (Lipinski definition) is 6. The Labute approximate surface area is 137 Å². The van der Waals surface area contributed by atoms with Crippen molar-refractivity contribution in [3.8, 4) is 5.75 Å². The van der Waals surface area contributed by atoms with Gasteiger partial charge in [0, 0.05) is 12.8 Å². The monoisotopic (exact) mass is 335 g/mol. The third-order valence-electron chi connectivity index (χ3n) is 2.96. The molecule has 122 valence electrons. The lowest BCUT2D eigenvalue weighted by Crippen LogP contribution is -2.18. The molecule has 2 rings (SSSR count). The van der Waals surface area contributed by atoms with E-state index in [2.05, 4.69) is 15.6 Å². The summed E-state index contributed by atoms with van der Waals surface area (Å²) in [5.74, 6) is -0.0710. The number of benzene rings is 1. The lowest BCUT2D eigenvalue weighted by atomic mass is 10.2. The van der Waals surface area contributed by atoms with Crippen molar-refractivity contribution in [2.24, 2.45) is 0 Å². The van der Waals surface area contributed by atoms with Gasteiger partial charge in [-0.2, -0.15) is 0 Å². The molecule has 0 saturated carbocycles. The maximum atomic E-state index is 12.2. The molecule has 0 saturated heterocycles. The van der Waals surface area contributed by atoms with Crippen molar-refractivity contribution in [1.82, 2.24) is 4.98 Å². The molecule has 0 bridgehead atoms. The van der Waals surface area contributed by atoms with Crippen molar-refractivity contribution < 1.29 is 19.1 Å². The fraction of sp³-hybridized carbons (Fsp3) is 0.267. The summed E-state index contributed by atoms with van der Waals surface area (Å²) in [5.41, 5.74) is 3.29. The highest BCUT2D eigenvalue weighted by atomic mass is 32.1. The SMILES string of the molecule is COCC(=O)Nc1cc(NC(=O)c2scnc2C)ccc1OC. The van der Waals surface area contributed by atoms with Gasteiger partial charge in [-0.15, -0.1) is 11.3 Å². The van der Waals surface area contributed by atoms with Crippen LogP contribution in [-0.2, 0) is 9.53 Å². The maximum absolute atomic E-state index is 12.2. The minimum Gasteiger partial charge on any atom is -0.495 e. The molecule has 0 aliphatic rings. The molecule has 0 aliphatic carbocycles. The zero-order chi connectivity index (χ0) is 16.8. The third-order valence-corrected chi connectivity index (χ3v) is 3.89. The van der Waals surface area contributed by atoms with Gasteiger partial charge in [0.15, 0.2) is 0 Å². The number of methoxy groups -OCH3 is 2. The van der Waals surface area contributed by atoms with Gasteiger partial charge in [-0.1, -0.05) is 0 Å². The lowest BCUT2D eigenvalue weighted by Gasteiger charge is -2.12. The number of ether oxygens (including phenoxy) is 2. The first-order valence-corrected chi connectivity index (χ1v) is 7.61. The average molecular weight is 335 g/mol. The van der Waals surface area contributed by atoms with Gasteiger partial charge >= 0.3 is 0 Å². The number of amides is 2. The Morgan fingerprint density at radius 1 is 1.26 bits per heavy atom. The van der Waals surface area contributed by atoms with Gasteiger partial charge in [-0.05, 0) is 25.1 Å². The second kappa shape index (κ2) is 7.70. The van der Waals surface area contributed by atoms with Gasteiger partial charge in [0.05, 0.1) is 24.0 Å². The lowest BCUT2D eigenvalue weighted by molar-refractivity contribution is -0.119. The molecule has 2 aromatic rings. The Balaban J connectivity index is 2.18. The first-order valence-electron chi connectivity index (χ1n) is 6.73. The van der Waals surface area contributed by atoms with Gasteiger partial charge in [0.1, 0.15) is 17.2 Å². The number of carbonyl (C=O) groups excluding carboxylic acids is 2. The normalized spacial score (nSPS) is 10.2. The number of rotatable bonds is 6. The molecule has 0 unspecified atom stereocenters. The topological polar surface area (TPSA) is 89.6 Å². The third kappa shape index (κ3) is 4.27. The van der Waals surface area contributed by atoms with Crippen LogP contribution in [0.2, 0.25) is 0 Å². The van der Waals surface area contributed by atoms with Crippen LogP contribution < -0.4 is 15.4 Å². The predicted molar refractivity (Wildman–Crippen MR) is 88.3 cm³/mol. The standard InChI is InChI=1S/C15H17N3O4S/c1-9-14(23-8-16-9)15(20)17-10-4-5-12(22-3)11(6-10)18-13(19)7-21-2/h4-6,8H,7H2,1-3H3,(H,17,20)(H,18,19). The largest absolute Gasteiger partial charge is 0.495 e. The zero-order valence-electron chi connectivity index (χ0n) is 13.0. The van der Waals surface area contributed by atoms with E-state index < -0.39 is 0 Å². The van der Waals surface area contributed by atoms with Gasteiger partial charge < -0.3 is 20.1 Å². The van der Waals surface area contributed by atoms with E-state index in [1.165, 1.54) is 25.6 Å². The Bertz CT molecular complexity index is 714. The summed E-state index contributed by atoms with van der Waals surface area (Å²) < 4.78 is 9.98. The van der Waals surface area contributed by atoms with Crippen LogP contribution in [0.3, 0.4) is 0 Å². The Hall–Kier alpha value is -2.45. The molecule has 8 heteroatoms. The summed E-state index contributed by atoms with van der Waals surface area (Å²) in [5, 5.41) is 5.45. The molecule has 1 heterocycles. The molecule has 1 aromatic carbocycles. The van der Waals surface area contributed by atoms with Crippen molar-refractivity contribution in [3.05, 3.63) is 34.3 Å². The molecule has 0 fully saturated rings. The second-order valence-corrected chi connectivity index (χ2v) is 5.47. The molecular formula is C15H17N3O4S. The van der Waals surface area contributed by atoms with Crippen LogP contribution in [-0.4, -0.2) is 37.6 Å². The molecule has 7 nitrogen and oxygen atoms in total. The highest BCUT2D eigenvalue weighted by molar-refractivity contribution is 7.12. The van der Waals surface area contributed by atoms with Crippen LogP contribution in [0.1, 0.15) is 15.4 Å². The Kier molecular flexibility index (Phi) is 5.67. The molecule has 23 heavy (non-hydrogen) atoms. The molecular weight excluding hydrogens is 318 g/mol. The average Bonchev–Trinajstić information content (AvgIpc) is 2.94. The van der Waals surface area contributed by atoms with E-state index in [4.69, 9.17) is 9.47 Å². The van der Waals surface area contributed by atoms with Gasteiger partial charge in [0.2, 0.25) is 5.91 Å². The smallest absolute Gasteiger partial charge is 0.267 e. The molecule has 2 amide bonds. The zero-order valence-corrected chi connectivity index (χ0v) is 13.8. The first-order chi connectivity index (χ1) is 11.0. The van der Waals surface area contributed by atoms with E-state index in [-0.39, 0.29) is 18.4 Å². The summed E-state index contributed by atoms with van der Waals surface area (Å²) in [7, 11) is 2.94. The summed E-state index contributed by atoms with van der Waals surface area (Å²) in [4.78, 5) is 28.5. The van der Waals surface area contributed by atoms with Crippen molar-refractivity contribution in [1.29, 1.82) is 0 Å². The van der Waals surface area contributed by atoms with E-state index in [0.717, 1.165) is 0 Å². The fourth-order valence-electron chi connectivity index (χ4n) is 1.91. The Morgan fingerprint density at radius 2 is 2.04 bits per heavy atom. The van der Waals surface area contributed by atoms with Crippen molar-refractivity contribution in [2.75, 3.05) is 31.5 Å². The highest BCUT2D eigenvalue weighted by Crippen LogP contribution is 2.28. The van der Waals surface area contributed by atoms with Gasteiger partial charge in [-0.25, -0.2) is 4.98 Å². The molecule has 1 aromatic heterocycles. The summed E-state index contributed by atoms with van der Waals surface area (Å²) in [6.45, 7) is 1.70. The number of nitrogens with one attached hydrogen (secondary N) is 2. The number of hydrogen-bond donors (Lipinski definition) is 2. The predicted octanol–water partition coefficient (Wildman–Crippen LogP) is 2.30. The van der Waals surface area contributed by atoms with E-state index in [9.17, 15) is 9.59 Å². The van der Waals surface area contributed by atoms with E-state index in [1.807, 2.05) is 0 Å². The molecule has 0 atom stereocenters. The van der Waals surface area contributed by atoms with Crippen LogP contribution in [0, 0.1) is 6.92 Å². The van der Waals surface area contributed by atoms with E-state index in [0.29, 0.717) is 27.7 Å². The maximum Gasteiger partial charge on any atom is 0.267 e. The number of aromatic nitrogens is 1. The molecule has 2 N–H and O–H groups in total. The summed E-state index contributed by atoms with van der Waals surface area (Å²) in [6.07, 6.45) is 0. The number of thiazole rings is 1. The number of anilines is 2. The van der Waals surface area contributed by atoms with E-state index in [1.54, 1.807) is 30.6 Å². The summed E-state index contributed by atoms with van der Waals surface area (Å²) >= 11 is 1.27. The van der Waals surface area contributed by atoms with Crippen LogP contribution >= 0.6 is 11.3 Å². The van der Waals surface area contributed by atoms with Crippen molar-refractivity contribution >= 4 is 34.5 Å². The van der Waals surface area contributed by atoms with Crippen LogP contribution in [0.15, 0.2) is 23.7 Å². The minimum absolute atomic E-state index is 0.0696. The minimum atomic E-state index is -0.312. The first kappa shape index (κ1) is 16.9. The van der Waals surface area contributed by atoms with Crippen LogP contribution in [0.25, 0.3) is 0 Å². The van der Waals surface area contributed by atoms with Crippen LogP contribution in [0.5, 0.6) is 5.75 Å². The number of nitrogens with zero attached hydrogens (tertiary/aromatic N) is 1.